The molecule has 0 spiro atoms. The lowest BCUT2D eigenvalue weighted by Gasteiger charge is -1.88. The van der Waals surface area contributed by atoms with Crippen molar-refractivity contribution in [2.45, 2.75) is 6.92 Å². The van der Waals surface area contributed by atoms with E-state index in [1.807, 2.05) is 0 Å². The molecule has 0 heterocycles. The zero-order valence-electron chi connectivity index (χ0n) is 4.85. The van der Waals surface area contributed by atoms with Gasteiger partial charge in [0, 0.05) is 12.1 Å². The number of hydrogen-bond donors (Lipinski definition) is 2. The monoisotopic (exact) mass is 114 g/mol. The Morgan fingerprint density at radius 3 is 2.38 bits per heavy atom. The molecule has 0 aliphatic rings. The van der Waals surface area contributed by atoms with Crippen molar-refractivity contribution in [3.63, 3.8) is 0 Å². The van der Waals surface area contributed by atoms with Crippen LogP contribution in [0.4, 0.5) is 0 Å². The number of primary amides is 1. The fraction of sp³-hybridized carbons (Fsp3) is 0.400. The lowest BCUT2D eigenvalue weighted by Crippen LogP contribution is -2.12. The average molecular weight is 114 g/mol. The molecule has 0 unspecified atom stereocenters. The molecule has 3 nitrogen and oxygen atoms in total. The molecule has 0 rings (SSSR count). The quantitative estimate of drug-likeness (QED) is 0.469. The van der Waals surface area contributed by atoms with Crippen molar-refractivity contribution in [1.29, 1.82) is 0 Å². The van der Waals surface area contributed by atoms with Gasteiger partial charge in [-0.1, -0.05) is 6.08 Å². The smallest absolute Gasteiger partial charge is 0.244 e. The SMILES string of the molecule is CC(=CCN)C(N)=O. The van der Waals surface area contributed by atoms with E-state index in [9.17, 15) is 4.79 Å². The van der Waals surface area contributed by atoms with Gasteiger partial charge in [0.1, 0.15) is 0 Å². The molecule has 0 aliphatic heterocycles. The zero-order chi connectivity index (χ0) is 6.57. The first-order chi connectivity index (χ1) is 3.68. The van der Waals surface area contributed by atoms with Crippen LogP contribution in [0.2, 0.25) is 0 Å². The fourth-order valence-electron chi connectivity index (χ4n) is 0.277. The van der Waals surface area contributed by atoms with E-state index in [1.165, 1.54) is 0 Å². The number of amides is 1. The van der Waals surface area contributed by atoms with E-state index >= 15 is 0 Å². The third-order valence-corrected chi connectivity index (χ3v) is 0.813. The van der Waals surface area contributed by atoms with Gasteiger partial charge in [-0.2, -0.15) is 0 Å². The van der Waals surface area contributed by atoms with Crippen molar-refractivity contribution in [1.82, 2.24) is 0 Å². The van der Waals surface area contributed by atoms with Gasteiger partial charge in [0.05, 0.1) is 0 Å². The van der Waals surface area contributed by atoms with E-state index in [0.29, 0.717) is 12.1 Å². The Labute approximate surface area is 48.4 Å². The molecular weight excluding hydrogens is 104 g/mol. The molecule has 0 aliphatic carbocycles. The number of hydrogen-bond acceptors (Lipinski definition) is 2. The number of carbonyl (C=O) groups excluding carboxylic acids is 1. The van der Waals surface area contributed by atoms with Crippen LogP contribution >= 0.6 is 0 Å². The largest absolute Gasteiger partial charge is 0.366 e. The Morgan fingerprint density at radius 2 is 2.25 bits per heavy atom. The molecule has 0 aromatic carbocycles. The second kappa shape index (κ2) is 3.21. The van der Waals surface area contributed by atoms with Crippen molar-refractivity contribution in [2.75, 3.05) is 6.54 Å². The normalized spacial score (nSPS) is 11.5. The van der Waals surface area contributed by atoms with E-state index < -0.39 is 5.91 Å². The molecule has 46 valence electrons. The summed E-state index contributed by atoms with van der Waals surface area (Å²) in [5, 5.41) is 0. The van der Waals surface area contributed by atoms with E-state index in [2.05, 4.69) is 0 Å². The lowest BCUT2D eigenvalue weighted by atomic mass is 10.3. The molecule has 0 fully saturated rings. The maximum Gasteiger partial charge on any atom is 0.244 e. The van der Waals surface area contributed by atoms with Crippen LogP contribution in [0.1, 0.15) is 6.92 Å². The van der Waals surface area contributed by atoms with Gasteiger partial charge in [-0.25, -0.2) is 0 Å². The van der Waals surface area contributed by atoms with Gasteiger partial charge in [-0.3, -0.25) is 4.79 Å². The highest BCUT2D eigenvalue weighted by Crippen LogP contribution is 1.85. The molecule has 0 bridgehead atoms. The summed E-state index contributed by atoms with van der Waals surface area (Å²) < 4.78 is 0. The average Bonchev–Trinajstić information content (AvgIpc) is 1.67. The van der Waals surface area contributed by atoms with E-state index in [0.717, 1.165) is 0 Å². The predicted molar refractivity (Wildman–Crippen MR) is 32.0 cm³/mol. The summed E-state index contributed by atoms with van der Waals surface area (Å²) in [6.07, 6.45) is 1.59. The van der Waals surface area contributed by atoms with Gasteiger partial charge < -0.3 is 11.5 Å². The molecule has 0 aromatic heterocycles. The van der Waals surface area contributed by atoms with Crippen molar-refractivity contribution in [3.05, 3.63) is 11.6 Å². The maximum atomic E-state index is 10.2. The first-order valence-corrected chi connectivity index (χ1v) is 2.35. The molecule has 3 heteroatoms. The van der Waals surface area contributed by atoms with E-state index in [1.54, 1.807) is 13.0 Å². The van der Waals surface area contributed by atoms with Crippen LogP contribution in [-0.4, -0.2) is 12.5 Å². The van der Waals surface area contributed by atoms with Crippen molar-refractivity contribution in [3.8, 4) is 0 Å². The predicted octanol–water partition coefficient (Wildman–Crippen LogP) is -0.623. The van der Waals surface area contributed by atoms with Gasteiger partial charge in [0.15, 0.2) is 0 Å². The van der Waals surface area contributed by atoms with E-state index in [-0.39, 0.29) is 0 Å². The summed E-state index contributed by atoms with van der Waals surface area (Å²) in [5.41, 5.74) is 10.5. The summed E-state index contributed by atoms with van der Waals surface area (Å²) in [6, 6.07) is 0. The molecule has 4 N–H and O–H groups in total. The van der Waals surface area contributed by atoms with Gasteiger partial charge in [-0.05, 0) is 6.92 Å². The number of rotatable bonds is 2. The minimum Gasteiger partial charge on any atom is -0.366 e. The number of nitrogens with two attached hydrogens (primary N) is 2. The Kier molecular flexibility index (Phi) is 2.88. The minimum atomic E-state index is -0.407. The lowest BCUT2D eigenvalue weighted by molar-refractivity contribution is -0.114. The first kappa shape index (κ1) is 7.17. The Morgan fingerprint density at radius 1 is 1.75 bits per heavy atom. The second-order valence-electron chi connectivity index (χ2n) is 1.49. The first-order valence-electron chi connectivity index (χ1n) is 2.35. The van der Waals surface area contributed by atoms with Gasteiger partial charge in [0.25, 0.3) is 0 Å². The standard InChI is InChI=1S/C5H10N2O/c1-4(2-3-6)5(7)8/h2H,3,6H2,1H3,(H2,7,8). The molecule has 0 saturated carbocycles. The molecule has 8 heavy (non-hydrogen) atoms. The van der Waals surface area contributed by atoms with Crippen LogP contribution in [0.15, 0.2) is 11.6 Å². The Balaban J connectivity index is 3.80. The molecule has 0 saturated heterocycles. The van der Waals surface area contributed by atoms with Crippen molar-refractivity contribution >= 4 is 5.91 Å². The molecular formula is C5H10N2O. The highest BCUT2D eigenvalue weighted by atomic mass is 16.1. The molecule has 1 amide bonds. The van der Waals surface area contributed by atoms with Crippen molar-refractivity contribution < 1.29 is 4.79 Å². The molecule has 0 aromatic rings. The molecule has 0 atom stereocenters. The van der Waals surface area contributed by atoms with Crippen molar-refractivity contribution in [2.24, 2.45) is 11.5 Å². The maximum absolute atomic E-state index is 10.2. The summed E-state index contributed by atoms with van der Waals surface area (Å²) in [5.74, 6) is -0.407. The van der Waals surface area contributed by atoms with Crippen LogP contribution in [0.5, 0.6) is 0 Å². The van der Waals surface area contributed by atoms with Crippen LogP contribution in [-0.2, 0) is 4.79 Å². The summed E-state index contributed by atoms with van der Waals surface area (Å²) in [6.45, 7) is 2.00. The van der Waals surface area contributed by atoms with Crippen LogP contribution in [0.25, 0.3) is 0 Å². The van der Waals surface area contributed by atoms with E-state index in [4.69, 9.17) is 11.5 Å². The third-order valence-electron chi connectivity index (χ3n) is 0.813. The van der Waals surface area contributed by atoms with Gasteiger partial charge >= 0.3 is 0 Å². The summed E-state index contributed by atoms with van der Waals surface area (Å²) >= 11 is 0. The highest BCUT2D eigenvalue weighted by molar-refractivity contribution is 5.91. The number of carbonyl (C=O) groups is 1. The van der Waals surface area contributed by atoms with Gasteiger partial charge in [-0.15, -0.1) is 0 Å². The third kappa shape index (κ3) is 2.36. The summed E-state index contributed by atoms with van der Waals surface area (Å²) in [7, 11) is 0. The van der Waals surface area contributed by atoms with Crippen LogP contribution < -0.4 is 11.5 Å². The highest BCUT2D eigenvalue weighted by Gasteiger charge is 1.92. The second-order valence-corrected chi connectivity index (χ2v) is 1.49. The zero-order valence-corrected chi connectivity index (χ0v) is 4.85. The Bertz CT molecular complexity index is 118. The topological polar surface area (TPSA) is 69.1 Å². The van der Waals surface area contributed by atoms with Crippen LogP contribution in [0, 0.1) is 0 Å². The fourth-order valence-corrected chi connectivity index (χ4v) is 0.277. The van der Waals surface area contributed by atoms with Crippen LogP contribution in [0.3, 0.4) is 0 Å². The Hall–Kier alpha value is -0.830. The minimum absolute atomic E-state index is 0.370. The molecule has 0 radical (unpaired) electrons. The van der Waals surface area contributed by atoms with Gasteiger partial charge in [0.2, 0.25) is 5.91 Å². The summed E-state index contributed by atoms with van der Waals surface area (Å²) in [4.78, 5) is 10.2.